The van der Waals surface area contributed by atoms with Crippen molar-refractivity contribution < 1.29 is 28.7 Å². The van der Waals surface area contributed by atoms with Crippen molar-refractivity contribution in [3.8, 4) is 5.75 Å². The molecule has 0 fully saturated rings. The van der Waals surface area contributed by atoms with Crippen LogP contribution in [0, 0.1) is 0 Å². The lowest BCUT2D eigenvalue weighted by Gasteiger charge is -2.15. The lowest BCUT2D eigenvalue weighted by molar-refractivity contribution is -0.146. The van der Waals surface area contributed by atoms with Crippen LogP contribution in [-0.4, -0.2) is 48.2 Å². The van der Waals surface area contributed by atoms with Crippen molar-refractivity contribution >= 4 is 23.6 Å². The molecular formula is C21H19NO6. The Labute approximate surface area is 161 Å². The number of methoxy groups -OCH3 is 1. The summed E-state index contributed by atoms with van der Waals surface area (Å²) >= 11 is 0. The van der Waals surface area contributed by atoms with Gasteiger partial charge in [0.05, 0.1) is 24.7 Å². The normalized spacial score (nSPS) is 13.9. The predicted octanol–water partition coefficient (Wildman–Crippen LogP) is 2.50. The molecule has 0 radical (unpaired) electrons. The third-order valence-corrected chi connectivity index (χ3v) is 4.47. The van der Waals surface area contributed by atoms with Gasteiger partial charge in [-0.25, -0.2) is 0 Å². The Morgan fingerprint density at radius 3 is 2.07 bits per heavy atom. The zero-order valence-corrected chi connectivity index (χ0v) is 15.5. The highest BCUT2D eigenvalue weighted by Crippen LogP contribution is 2.22. The summed E-state index contributed by atoms with van der Waals surface area (Å²) in [5.74, 6) is -1.27. The van der Waals surface area contributed by atoms with E-state index < -0.39 is 23.9 Å². The van der Waals surface area contributed by atoms with Crippen LogP contribution in [0.15, 0.2) is 48.5 Å². The molecule has 0 saturated carbocycles. The smallest absolute Gasteiger partial charge is 0.308 e. The first-order valence-corrected chi connectivity index (χ1v) is 8.75. The van der Waals surface area contributed by atoms with Crippen LogP contribution >= 0.6 is 0 Å². The van der Waals surface area contributed by atoms with E-state index in [0.717, 1.165) is 4.90 Å². The molecule has 144 valence electrons. The Morgan fingerprint density at radius 1 is 0.964 bits per heavy atom. The summed E-state index contributed by atoms with van der Waals surface area (Å²) in [5.41, 5.74) is 1.04. The van der Waals surface area contributed by atoms with E-state index in [2.05, 4.69) is 0 Å². The molecule has 1 aliphatic heterocycles. The number of rotatable bonds is 7. The van der Waals surface area contributed by atoms with Crippen molar-refractivity contribution in [2.75, 3.05) is 13.7 Å². The molecule has 28 heavy (non-hydrogen) atoms. The molecule has 1 heterocycles. The Bertz CT molecular complexity index is 899. The minimum absolute atomic E-state index is 0.103. The van der Waals surface area contributed by atoms with E-state index in [1.54, 1.807) is 48.5 Å². The van der Waals surface area contributed by atoms with E-state index in [1.807, 2.05) is 0 Å². The second kappa shape index (κ2) is 8.04. The third kappa shape index (κ3) is 3.78. The van der Waals surface area contributed by atoms with Gasteiger partial charge < -0.3 is 9.47 Å². The average molecular weight is 381 g/mol. The number of benzene rings is 2. The number of amides is 2. The van der Waals surface area contributed by atoms with E-state index in [0.29, 0.717) is 22.4 Å². The fraction of sp³-hybridized carbons (Fsp3) is 0.238. The van der Waals surface area contributed by atoms with E-state index in [4.69, 9.17) is 9.47 Å². The predicted molar refractivity (Wildman–Crippen MR) is 99.3 cm³/mol. The van der Waals surface area contributed by atoms with Crippen LogP contribution in [0.25, 0.3) is 0 Å². The van der Waals surface area contributed by atoms with Gasteiger partial charge in [0, 0.05) is 12.1 Å². The summed E-state index contributed by atoms with van der Waals surface area (Å²) in [7, 11) is 1.52. The second-order valence-electron chi connectivity index (χ2n) is 6.28. The fourth-order valence-corrected chi connectivity index (χ4v) is 2.94. The Kier molecular flexibility index (Phi) is 5.54. The first-order chi connectivity index (χ1) is 13.4. The molecule has 0 aromatic heterocycles. The van der Waals surface area contributed by atoms with E-state index in [9.17, 15) is 19.2 Å². The molecule has 2 amide bonds. The van der Waals surface area contributed by atoms with Crippen molar-refractivity contribution in [3.63, 3.8) is 0 Å². The molecule has 1 unspecified atom stereocenters. The minimum Gasteiger partial charge on any atom is -0.497 e. The van der Waals surface area contributed by atoms with Gasteiger partial charge in [0.25, 0.3) is 11.8 Å². The van der Waals surface area contributed by atoms with Crippen LogP contribution in [0.1, 0.15) is 44.4 Å². The lowest BCUT2D eigenvalue weighted by atomic mass is 10.1. The molecule has 7 nitrogen and oxygen atoms in total. The van der Waals surface area contributed by atoms with Crippen LogP contribution in [0.3, 0.4) is 0 Å². The molecule has 0 saturated heterocycles. The Morgan fingerprint density at radius 2 is 1.54 bits per heavy atom. The maximum atomic E-state index is 12.4. The average Bonchev–Trinajstić information content (AvgIpc) is 2.96. The summed E-state index contributed by atoms with van der Waals surface area (Å²) < 4.78 is 10.2. The number of carbonyl (C=O) groups excluding carboxylic acids is 4. The summed E-state index contributed by atoms with van der Waals surface area (Å²) in [6.45, 7) is 1.38. The molecule has 0 spiro atoms. The molecule has 3 rings (SSSR count). The van der Waals surface area contributed by atoms with Gasteiger partial charge >= 0.3 is 5.97 Å². The number of ketones is 1. The van der Waals surface area contributed by atoms with E-state index in [1.165, 1.54) is 14.0 Å². The van der Waals surface area contributed by atoms with Gasteiger partial charge in [-0.05, 0) is 43.3 Å². The van der Waals surface area contributed by atoms with Gasteiger partial charge in [0.15, 0.2) is 6.10 Å². The van der Waals surface area contributed by atoms with Gasteiger partial charge in [-0.3, -0.25) is 24.1 Å². The highest BCUT2D eigenvalue weighted by Gasteiger charge is 2.35. The number of imide groups is 1. The molecule has 0 aliphatic carbocycles. The summed E-state index contributed by atoms with van der Waals surface area (Å²) in [4.78, 5) is 50.0. The third-order valence-electron chi connectivity index (χ3n) is 4.47. The van der Waals surface area contributed by atoms with Gasteiger partial charge in [-0.15, -0.1) is 0 Å². The zero-order valence-electron chi connectivity index (χ0n) is 15.5. The highest BCUT2D eigenvalue weighted by atomic mass is 16.5. The topological polar surface area (TPSA) is 90.0 Å². The number of hydrogen-bond acceptors (Lipinski definition) is 6. The maximum absolute atomic E-state index is 12.4. The molecule has 2 aromatic rings. The Hall–Kier alpha value is -3.48. The molecular weight excluding hydrogens is 362 g/mol. The Balaban J connectivity index is 1.55. The van der Waals surface area contributed by atoms with Crippen LogP contribution in [0.4, 0.5) is 0 Å². The summed E-state index contributed by atoms with van der Waals surface area (Å²) in [6, 6.07) is 13.0. The molecule has 2 aromatic carbocycles. The van der Waals surface area contributed by atoms with Crippen LogP contribution in [0.5, 0.6) is 5.75 Å². The zero-order chi connectivity index (χ0) is 20.3. The molecule has 1 aliphatic rings. The summed E-state index contributed by atoms with van der Waals surface area (Å²) in [5, 5.41) is 0. The molecule has 1 atom stereocenters. The number of esters is 1. The number of carbonyl (C=O) groups is 4. The SMILES string of the molecule is COc1ccc(C(=O)C(C)OC(=O)CCN2C(=O)c3ccccc3C2=O)cc1. The quantitative estimate of drug-likeness (QED) is 0.416. The number of hydrogen-bond donors (Lipinski definition) is 0. The van der Waals surface area contributed by atoms with Gasteiger partial charge in [-0.1, -0.05) is 12.1 Å². The monoisotopic (exact) mass is 381 g/mol. The van der Waals surface area contributed by atoms with Crippen molar-refractivity contribution in [1.29, 1.82) is 0 Å². The van der Waals surface area contributed by atoms with Crippen molar-refractivity contribution in [2.24, 2.45) is 0 Å². The van der Waals surface area contributed by atoms with Gasteiger partial charge in [0.2, 0.25) is 5.78 Å². The first kappa shape index (κ1) is 19.3. The number of Topliss-reactive ketones (excluding diaryl/α,β-unsaturated/α-hetero) is 1. The number of fused-ring (bicyclic) bond motifs is 1. The lowest BCUT2D eigenvalue weighted by Crippen LogP contribution is -2.33. The van der Waals surface area contributed by atoms with Gasteiger partial charge in [0.1, 0.15) is 5.75 Å². The van der Waals surface area contributed by atoms with Crippen molar-refractivity contribution in [2.45, 2.75) is 19.4 Å². The first-order valence-electron chi connectivity index (χ1n) is 8.75. The molecule has 0 N–H and O–H groups in total. The van der Waals surface area contributed by atoms with E-state index >= 15 is 0 Å². The maximum Gasteiger partial charge on any atom is 0.308 e. The largest absolute Gasteiger partial charge is 0.497 e. The number of nitrogens with zero attached hydrogens (tertiary/aromatic N) is 1. The standard InChI is InChI=1S/C21H19NO6/c1-13(19(24)14-7-9-15(27-2)10-8-14)28-18(23)11-12-22-20(25)16-5-3-4-6-17(16)21(22)26/h3-10,13H,11-12H2,1-2H3. The summed E-state index contributed by atoms with van der Waals surface area (Å²) in [6.07, 6.45) is -1.17. The fourth-order valence-electron chi connectivity index (χ4n) is 2.94. The van der Waals surface area contributed by atoms with Gasteiger partial charge in [-0.2, -0.15) is 0 Å². The van der Waals surface area contributed by atoms with Crippen LogP contribution < -0.4 is 4.74 Å². The molecule has 7 heteroatoms. The minimum atomic E-state index is -0.983. The van der Waals surface area contributed by atoms with Crippen molar-refractivity contribution in [1.82, 2.24) is 4.90 Å². The van der Waals surface area contributed by atoms with Crippen LogP contribution in [0.2, 0.25) is 0 Å². The number of ether oxygens (including phenoxy) is 2. The van der Waals surface area contributed by atoms with E-state index in [-0.39, 0.29) is 18.7 Å². The second-order valence-corrected chi connectivity index (χ2v) is 6.28. The molecule has 0 bridgehead atoms. The van der Waals surface area contributed by atoms with Crippen LogP contribution in [-0.2, 0) is 9.53 Å². The highest BCUT2D eigenvalue weighted by molar-refractivity contribution is 6.21. The van der Waals surface area contributed by atoms with Crippen molar-refractivity contribution in [3.05, 3.63) is 65.2 Å².